The summed E-state index contributed by atoms with van der Waals surface area (Å²) in [6.45, 7) is 12.3. The van der Waals surface area contributed by atoms with Crippen molar-refractivity contribution in [3.63, 3.8) is 0 Å². The summed E-state index contributed by atoms with van der Waals surface area (Å²) in [7, 11) is 0. The van der Waals surface area contributed by atoms with Gasteiger partial charge in [0.05, 0.1) is 17.9 Å². The molecule has 0 spiro atoms. The van der Waals surface area contributed by atoms with Crippen LogP contribution < -0.4 is 10.2 Å². The van der Waals surface area contributed by atoms with Crippen LogP contribution >= 0.6 is 0 Å². The Bertz CT molecular complexity index is 553. The molecular weight excluding hydrogens is 260 g/mol. The van der Waals surface area contributed by atoms with Crippen molar-refractivity contribution in [2.75, 3.05) is 23.3 Å². The molecule has 0 aliphatic rings. The van der Waals surface area contributed by atoms with E-state index in [2.05, 4.69) is 66.4 Å². The summed E-state index contributed by atoms with van der Waals surface area (Å²) in [6.07, 6.45) is 0. The molecule has 2 rings (SSSR count). The average Bonchev–Trinajstić information content (AvgIpc) is 2.88. The van der Waals surface area contributed by atoms with E-state index in [1.807, 2.05) is 11.6 Å². The molecule has 0 unspecified atom stereocenters. The van der Waals surface area contributed by atoms with E-state index in [1.165, 1.54) is 11.4 Å². The fourth-order valence-electron chi connectivity index (χ4n) is 2.59. The molecule has 0 atom stereocenters. The highest BCUT2D eigenvalue weighted by molar-refractivity contribution is 5.55. The Morgan fingerprint density at radius 3 is 2.33 bits per heavy atom. The number of aromatic nitrogens is 2. The molecule has 0 bridgehead atoms. The summed E-state index contributed by atoms with van der Waals surface area (Å²) < 4.78 is 2.05. The Hall–Kier alpha value is -1.97. The zero-order valence-electron chi connectivity index (χ0n) is 13.6. The SMILES string of the molecule is CCN(CC)c1ccc(NCc2cc(C)nn2CC)cc1. The molecule has 0 aliphatic carbocycles. The lowest BCUT2D eigenvalue weighted by atomic mass is 10.2. The van der Waals surface area contributed by atoms with E-state index < -0.39 is 0 Å². The number of hydrogen-bond donors (Lipinski definition) is 1. The Labute approximate surface area is 127 Å². The monoisotopic (exact) mass is 286 g/mol. The van der Waals surface area contributed by atoms with Gasteiger partial charge < -0.3 is 10.2 Å². The molecule has 1 heterocycles. The van der Waals surface area contributed by atoms with Gasteiger partial charge in [0.2, 0.25) is 0 Å². The van der Waals surface area contributed by atoms with Gasteiger partial charge in [0.15, 0.2) is 0 Å². The van der Waals surface area contributed by atoms with Crippen molar-refractivity contribution >= 4 is 11.4 Å². The second kappa shape index (κ2) is 7.16. The average molecular weight is 286 g/mol. The van der Waals surface area contributed by atoms with E-state index in [0.29, 0.717) is 0 Å². The van der Waals surface area contributed by atoms with Gasteiger partial charge in [-0.15, -0.1) is 0 Å². The largest absolute Gasteiger partial charge is 0.379 e. The van der Waals surface area contributed by atoms with Crippen LogP contribution in [-0.4, -0.2) is 22.9 Å². The second-order valence-electron chi connectivity index (χ2n) is 5.17. The van der Waals surface area contributed by atoms with Gasteiger partial charge in [0.1, 0.15) is 0 Å². The molecule has 0 aliphatic heterocycles. The predicted molar refractivity (Wildman–Crippen MR) is 90.0 cm³/mol. The first-order chi connectivity index (χ1) is 10.2. The molecule has 0 saturated carbocycles. The summed E-state index contributed by atoms with van der Waals surface area (Å²) in [5, 5.41) is 7.94. The molecule has 0 saturated heterocycles. The van der Waals surface area contributed by atoms with Gasteiger partial charge in [-0.3, -0.25) is 4.68 Å². The minimum absolute atomic E-state index is 0.805. The van der Waals surface area contributed by atoms with Crippen LogP contribution in [-0.2, 0) is 13.1 Å². The van der Waals surface area contributed by atoms with Crippen molar-refractivity contribution in [3.05, 3.63) is 41.7 Å². The number of nitrogens with one attached hydrogen (secondary N) is 1. The molecule has 2 aromatic rings. The van der Waals surface area contributed by atoms with Crippen LogP contribution in [0, 0.1) is 6.92 Å². The molecule has 1 N–H and O–H groups in total. The van der Waals surface area contributed by atoms with Crippen molar-refractivity contribution < 1.29 is 0 Å². The van der Waals surface area contributed by atoms with Crippen LogP contribution in [0.2, 0.25) is 0 Å². The first-order valence-corrected chi connectivity index (χ1v) is 7.80. The maximum absolute atomic E-state index is 4.47. The Morgan fingerprint density at radius 1 is 1.10 bits per heavy atom. The highest BCUT2D eigenvalue weighted by atomic mass is 15.3. The topological polar surface area (TPSA) is 33.1 Å². The molecule has 0 radical (unpaired) electrons. The third kappa shape index (κ3) is 3.78. The minimum atomic E-state index is 0.805. The molecular formula is C17H26N4. The lowest BCUT2D eigenvalue weighted by Crippen LogP contribution is -2.21. The molecule has 1 aromatic heterocycles. The van der Waals surface area contributed by atoms with E-state index in [-0.39, 0.29) is 0 Å². The summed E-state index contributed by atoms with van der Waals surface area (Å²) in [5.41, 5.74) is 4.72. The number of rotatable bonds is 7. The molecule has 21 heavy (non-hydrogen) atoms. The van der Waals surface area contributed by atoms with E-state index in [9.17, 15) is 0 Å². The summed E-state index contributed by atoms with van der Waals surface area (Å²) in [5.74, 6) is 0. The molecule has 1 aromatic carbocycles. The van der Waals surface area contributed by atoms with Crippen molar-refractivity contribution in [2.24, 2.45) is 0 Å². The van der Waals surface area contributed by atoms with Gasteiger partial charge in [-0.05, 0) is 58.0 Å². The molecule has 0 amide bonds. The van der Waals surface area contributed by atoms with Crippen LogP contribution in [0.15, 0.2) is 30.3 Å². The zero-order chi connectivity index (χ0) is 15.2. The van der Waals surface area contributed by atoms with Gasteiger partial charge in [-0.1, -0.05) is 0 Å². The van der Waals surface area contributed by atoms with Gasteiger partial charge in [-0.25, -0.2) is 0 Å². The molecule has 4 heteroatoms. The van der Waals surface area contributed by atoms with Gasteiger partial charge in [0, 0.05) is 31.0 Å². The maximum atomic E-state index is 4.47. The van der Waals surface area contributed by atoms with Gasteiger partial charge in [0.25, 0.3) is 0 Å². The summed E-state index contributed by atoms with van der Waals surface area (Å²) >= 11 is 0. The molecule has 114 valence electrons. The quantitative estimate of drug-likeness (QED) is 0.843. The van der Waals surface area contributed by atoms with Crippen LogP contribution in [0.1, 0.15) is 32.2 Å². The van der Waals surface area contributed by atoms with Crippen LogP contribution in [0.5, 0.6) is 0 Å². The van der Waals surface area contributed by atoms with E-state index in [4.69, 9.17) is 0 Å². The lowest BCUT2D eigenvalue weighted by molar-refractivity contribution is 0.623. The number of anilines is 2. The summed E-state index contributed by atoms with van der Waals surface area (Å²) in [4.78, 5) is 2.35. The van der Waals surface area contributed by atoms with Gasteiger partial charge in [-0.2, -0.15) is 5.10 Å². The van der Waals surface area contributed by atoms with Crippen LogP contribution in [0.4, 0.5) is 11.4 Å². The summed E-state index contributed by atoms with van der Waals surface area (Å²) in [6, 6.07) is 10.8. The molecule has 0 fully saturated rings. The number of nitrogens with zero attached hydrogens (tertiary/aromatic N) is 3. The van der Waals surface area contributed by atoms with Crippen molar-refractivity contribution in [1.82, 2.24) is 9.78 Å². The second-order valence-corrected chi connectivity index (χ2v) is 5.17. The Kier molecular flexibility index (Phi) is 5.26. The third-order valence-electron chi connectivity index (χ3n) is 3.75. The fraction of sp³-hybridized carbons (Fsp3) is 0.471. The Balaban J connectivity index is 2.00. The highest BCUT2D eigenvalue weighted by Gasteiger charge is 2.04. The lowest BCUT2D eigenvalue weighted by Gasteiger charge is -2.21. The smallest absolute Gasteiger partial charge is 0.0597 e. The van der Waals surface area contributed by atoms with Crippen LogP contribution in [0.3, 0.4) is 0 Å². The molecule has 4 nitrogen and oxygen atoms in total. The Morgan fingerprint density at radius 2 is 1.76 bits per heavy atom. The third-order valence-corrected chi connectivity index (χ3v) is 3.75. The minimum Gasteiger partial charge on any atom is -0.379 e. The number of aryl methyl sites for hydroxylation is 2. The van der Waals surface area contributed by atoms with Crippen molar-refractivity contribution in [2.45, 2.75) is 40.8 Å². The van der Waals surface area contributed by atoms with Crippen LogP contribution in [0.25, 0.3) is 0 Å². The van der Waals surface area contributed by atoms with E-state index in [1.54, 1.807) is 0 Å². The predicted octanol–water partition coefficient (Wildman–Crippen LogP) is 3.67. The first kappa shape index (κ1) is 15.4. The van der Waals surface area contributed by atoms with E-state index in [0.717, 1.165) is 37.6 Å². The highest BCUT2D eigenvalue weighted by Crippen LogP contribution is 2.18. The standard InChI is InChI=1S/C17H26N4/c1-5-20(6-2)16-10-8-15(9-11-16)18-13-17-12-14(4)19-21(17)7-3/h8-12,18H,5-7,13H2,1-4H3. The maximum Gasteiger partial charge on any atom is 0.0597 e. The fourth-order valence-corrected chi connectivity index (χ4v) is 2.59. The van der Waals surface area contributed by atoms with Gasteiger partial charge >= 0.3 is 0 Å². The zero-order valence-corrected chi connectivity index (χ0v) is 13.6. The normalized spacial score (nSPS) is 10.7. The van der Waals surface area contributed by atoms with E-state index >= 15 is 0 Å². The van der Waals surface area contributed by atoms with Crippen molar-refractivity contribution in [1.29, 1.82) is 0 Å². The van der Waals surface area contributed by atoms with Crippen molar-refractivity contribution in [3.8, 4) is 0 Å². The number of hydrogen-bond acceptors (Lipinski definition) is 3. The number of benzene rings is 1. The first-order valence-electron chi connectivity index (χ1n) is 7.80.